The van der Waals surface area contributed by atoms with Crippen LogP contribution in [0, 0.1) is 35.4 Å². The number of hydrogen-bond acceptors (Lipinski definition) is 6. The SMILES string of the molecule is Cc1c(-c2ccc(N3CCS(=O)(=O)CC3)cc2)c([C@@H]2CCC(F)(F)C[C@H]2C(=O)CC2(C#N)CC2)nn1-c1ccc(F)cc1. The lowest BCUT2D eigenvalue weighted by Crippen LogP contribution is -2.40. The number of rotatable bonds is 7. The van der Waals surface area contributed by atoms with Crippen molar-refractivity contribution in [1.29, 1.82) is 5.26 Å². The minimum atomic E-state index is -3.03. The Morgan fingerprint density at radius 3 is 2.26 bits per heavy atom. The van der Waals surface area contributed by atoms with Gasteiger partial charge in [-0.15, -0.1) is 0 Å². The number of nitrogens with zero attached hydrogens (tertiary/aromatic N) is 4. The molecule has 7 nitrogen and oxygen atoms in total. The summed E-state index contributed by atoms with van der Waals surface area (Å²) in [5.74, 6) is -5.09. The average Bonchev–Trinajstić information content (AvgIpc) is 3.67. The fourth-order valence-electron chi connectivity index (χ4n) is 6.53. The second kappa shape index (κ2) is 10.8. The van der Waals surface area contributed by atoms with Gasteiger partial charge in [-0.25, -0.2) is 26.3 Å². The molecule has 0 bridgehead atoms. The molecule has 2 aliphatic carbocycles. The molecule has 2 atom stereocenters. The van der Waals surface area contributed by atoms with Crippen LogP contribution in [0.15, 0.2) is 48.5 Å². The highest BCUT2D eigenvalue weighted by Crippen LogP contribution is 2.53. The first-order valence-corrected chi connectivity index (χ1v) is 16.4. The molecule has 0 radical (unpaired) electrons. The summed E-state index contributed by atoms with van der Waals surface area (Å²) in [6.07, 6.45) is 0.272. The smallest absolute Gasteiger partial charge is 0.248 e. The Morgan fingerprint density at radius 2 is 1.65 bits per heavy atom. The van der Waals surface area contributed by atoms with Crippen molar-refractivity contribution in [3.63, 3.8) is 0 Å². The zero-order valence-corrected chi connectivity index (χ0v) is 24.7. The van der Waals surface area contributed by atoms with Gasteiger partial charge >= 0.3 is 0 Å². The van der Waals surface area contributed by atoms with E-state index >= 15 is 0 Å². The lowest BCUT2D eigenvalue weighted by atomic mass is 9.71. The van der Waals surface area contributed by atoms with Gasteiger partial charge in [0.25, 0.3) is 0 Å². The van der Waals surface area contributed by atoms with Gasteiger partial charge in [-0.3, -0.25) is 4.79 Å². The zero-order valence-electron chi connectivity index (χ0n) is 23.9. The summed E-state index contributed by atoms with van der Waals surface area (Å²) in [5, 5.41) is 14.5. The van der Waals surface area contributed by atoms with E-state index in [1.54, 1.807) is 16.8 Å². The van der Waals surface area contributed by atoms with Crippen molar-refractivity contribution in [2.75, 3.05) is 29.5 Å². The number of carbonyl (C=O) groups excluding carboxylic acids is 1. The minimum Gasteiger partial charge on any atom is -0.369 e. The third-order valence-electron chi connectivity index (χ3n) is 9.27. The van der Waals surface area contributed by atoms with E-state index < -0.39 is 45.2 Å². The molecule has 0 spiro atoms. The number of hydrogen-bond donors (Lipinski definition) is 0. The number of alkyl halides is 2. The van der Waals surface area contributed by atoms with Gasteiger partial charge in [0.2, 0.25) is 5.92 Å². The Bertz CT molecular complexity index is 1680. The molecule has 1 saturated heterocycles. The van der Waals surface area contributed by atoms with Gasteiger partial charge in [-0.2, -0.15) is 10.4 Å². The number of aromatic nitrogens is 2. The third-order valence-corrected chi connectivity index (χ3v) is 10.9. The van der Waals surface area contributed by atoms with Crippen molar-refractivity contribution in [1.82, 2.24) is 9.78 Å². The second-order valence-corrected chi connectivity index (χ2v) is 14.6. The molecular formula is C32H33F3N4O3S. The first-order valence-electron chi connectivity index (χ1n) is 14.6. The highest BCUT2D eigenvalue weighted by atomic mass is 32.2. The number of sulfone groups is 1. The number of nitriles is 1. The molecule has 0 amide bonds. The Hall–Kier alpha value is -3.65. The van der Waals surface area contributed by atoms with Crippen molar-refractivity contribution in [3.05, 3.63) is 65.7 Å². The number of halogens is 3. The number of ketones is 1. The van der Waals surface area contributed by atoms with Crippen molar-refractivity contribution in [2.45, 2.75) is 57.3 Å². The summed E-state index contributed by atoms with van der Waals surface area (Å²) in [4.78, 5) is 15.6. The minimum absolute atomic E-state index is 0.0337. The molecule has 0 N–H and O–H groups in total. The molecule has 2 saturated carbocycles. The van der Waals surface area contributed by atoms with Crippen LogP contribution in [0.25, 0.3) is 16.8 Å². The van der Waals surface area contributed by atoms with Crippen LogP contribution >= 0.6 is 0 Å². The van der Waals surface area contributed by atoms with Gasteiger partial charge in [0.15, 0.2) is 9.84 Å². The Morgan fingerprint density at radius 1 is 1.02 bits per heavy atom. The van der Waals surface area contributed by atoms with Crippen LogP contribution in [0.5, 0.6) is 0 Å². The molecule has 11 heteroatoms. The van der Waals surface area contributed by atoms with Crippen molar-refractivity contribution < 1.29 is 26.4 Å². The van der Waals surface area contributed by atoms with E-state index in [1.807, 2.05) is 36.1 Å². The summed E-state index contributed by atoms with van der Waals surface area (Å²) in [7, 11) is -3.03. The predicted octanol–water partition coefficient (Wildman–Crippen LogP) is 6.00. The van der Waals surface area contributed by atoms with Crippen LogP contribution in [-0.2, 0) is 14.6 Å². The molecule has 2 heterocycles. The van der Waals surface area contributed by atoms with Gasteiger partial charge in [0, 0.05) is 61.1 Å². The molecular weight excluding hydrogens is 577 g/mol. The van der Waals surface area contributed by atoms with E-state index in [9.17, 15) is 31.6 Å². The van der Waals surface area contributed by atoms with E-state index in [2.05, 4.69) is 6.07 Å². The maximum absolute atomic E-state index is 14.8. The number of Topliss-reactive ketones (excluding diaryl/α,β-unsaturated/α-hetero) is 1. The molecule has 43 heavy (non-hydrogen) atoms. The summed E-state index contributed by atoms with van der Waals surface area (Å²) in [6.45, 7) is 2.67. The number of benzene rings is 2. The molecule has 0 unspecified atom stereocenters. The lowest BCUT2D eigenvalue weighted by Gasteiger charge is -2.35. The van der Waals surface area contributed by atoms with E-state index in [1.165, 1.54) is 12.1 Å². The lowest BCUT2D eigenvalue weighted by molar-refractivity contribution is -0.132. The van der Waals surface area contributed by atoms with Crippen LogP contribution in [0.1, 0.15) is 55.8 Å². The largest absolute Gasteiger partial charge is 0.369 e. The summed E-state index contributed by atoms with van der Waals surface area (Å²) < 4.78 is 68.8. The van der Waals surface area contributed by atoms with Gasteiger partial charge < -0.3 is 4.90 Å². The Kier molecular flexibility index (Phi) is 7.40. The van der Waals surface area contributed by atoms with E-state index in [-0.39, 0.29) is 36.6 Å². The average molecular weight is 611 g/mol. The molecule has 3 aliphatic rings. The van der Waals surface area contributed by atoms with Crippen LogP contribution in [-0.4, -0.2) is 54.5 Å². The van der Waals surface area contributed by atoms with Crippen molar-refractivity contribution in [3.8, 4) is 22.9 Å². The van der Waals surface area contributed by atoms with Crippen LogP contribution < -0.4 is 4.90 Å². The Balaban J connectivity index is 1.41. The molecule has 2 aromatic carbocycles. The molecule has 1 aromatic heterocycles. The maximum Gasteiger partial charge on any atom is 0.248 e. The van der Waals surface area contributed by atoms with E-state index in [4.69, 9.17) is 5.10 Å². The fourth-order valence-corrected chi connectivity index (χ4v) is 7.73. The first kappa shape index (κ1) is 29.4. The molecule has 6 rings (SSSR count). The van der Waals surface area contributed by atoms with Crippen LogP contribution in [0.4, 0.5) is 18.9 Å². The normalized spacial score (nSPS) is 23.8. The van der Waals surface area contributed by atoms with E-state index in [0.29, 0.717) is 37.3 Å². The molecule has 1 aliphatic heterocycles. The van der Waals surface area contributed by atoms with Crippen LogP contribution in [0.3, 0.4) is 0 Å². The predicted molar refractivity (Wildman–Crippen MR) is 156 cm³/mol. The van der Waals surface area contributed by atoms with Gasteiger partial charge in [0.05, 0.1) is 34.4 Å². The maximum atomic E-state index is 14.8. The van der Waals surface area contributed by atoms with Gasteiger partial charge in [-0.1, -0.05) is 12.1 Å². The van der Waals surface area contributed by atoms with Crippen molar-refractivity contribution >= 4 is 21.3 Å². The second-order valence-electron chi connectivity index (χ2n) is 12.3. The highest BCUT2D eigenvalue weighted by Gasteiger charge is 2.51. The first-order chi connectivity index (χ1) is 20.4. The summed E-state index contributed by atoms with van der Waals surface area (Å²) in [6, 6.07) is 15.7. The zero-order chi connectivity index (χ0) is 30.6. The monoisotopic (exact) mass is 610 g/mol. The topological polar surface area (TPSA) is 96.1 Å². The molecule has 3 fully saturated rings. The summed E-state index contributed by atoms with van der Waals surface area (Å²) >= 11 is 0. The van der Waals surface area contributed by atoms with Crippen molar-refractivity contribution in [2.24, 2.45) is 11.3 Å². The standard InChI is InChI=1S/C32H33F3N4O3S/c1-21-29(22-2-6-24(7-3-22)38-14-16-43(41,42)17-15-38)30(37-39(21)25-8-4-23(33)5-9-25)26-10-11-32(34,35)18-27(26)28(40)19-31(20-36)12-13-31/h2-9,26-27H,10-19H2,1H3/t26-,27-/m1/s1. The van der Waals surface area contributed by atoms with E-state index in [0.717, 1.165) is 22.5 Å². The van der Waals surface area contributed by atoms with Gasteiger partial charge in [0.1, 0.15) is 11.6 Å². The Labute approximate surface area is 249 Å². The van der Waals surface area contributed by atoms with Crippen LogP contribution in [0.2, 0.25) is 0 Å². The number of carbonyl (C=O) groups is 1. The fraction of sp³-hybridized carbons (Fsp3) is 0.469. The third kappa shape index (κ3) is 5.94. The molecule has 226 valence electrons. The van der Waals surface area contributed by atoms with Gasteiger partial charge in [-0.05, 0) is 68.1 Å². The quantitative estimate of drug-likeness (QED) is 0.326. The summed E-state index contributed by atoms with van der Waals surface area (Å²) in [5.41, 5.74) is 3.50. The number of anilines is 1. The molecule has 3 aromatic rings. The highest BCUT2D eigenvalue weighted by molar-refractivity contribution is 7.91.